The van der Waals surface area contributed by atoms with Gasteiger partial charge in [-0.2, -0.15) is 0 Å². The second kappa shape index (κ2) is 14.0. The highest BCUT2D eigenvalue weighted by molar-refractivity contribution is 7.13. The number of benzene rings is 1. The van der Waals surface area contributed by atoms with E-state index in [2.05, 4.69) is 15.6 Å². The van der Waals surface area contributed by atoms with E-state index in [0.29, 0.717) is 19.5 Å². The number of amides is 3. The molecule has 214 valence electrons. The van der Waals surface area contributed by atoms with Crippen molar-refractivity contribution in [2.75, 3.05) is 13.1 Å². The van der Waals surface area contributed by atoms with Gasteiger partial charge in [0.15, 0.2) is 0 Å². The number of nitrogens with zero attached hydrogens (tertiary/aromatic N) is 2. The summed E-state index contributed by atoms with van der Waals surface area (Å²) in [6.45, 7) is 8.63. The summed E-state index contributed by atoms with van der Waals surface area (Å²) in [4.78, 5) is 46.3. The van der Waals surface area contributed by atoms with Crippen molar-refractivity contribution in [3.05, 3.63) is 41.0 Å². The van der Waals surface area contributed by atoms with E-state index in [1.807, 2.05) is 57.5 Å². The molecule has 0 aliphatic carbocycles. The van der Waals surface area contributed by atoms with Gasteiger partial charge in [-0.15, -0.1) is 11.3 Å². The number of nitrogens with one attached hydrogen (secondary N) is 2. The minimum absolute atomic E-state index is 0.0569. The Morgan fingerprint density at radius 1 is 1.15 bits per heavy atom. The lowest BCUT2D eigenvalue weighted by atomic mass is 9.85. The van der Waals surface area contributed by atoms with Crippen LogP contribution in [-0.4, -0.2) is 64.0 Å². The second-order valence-electron chi connectivity index (χ2n) is 11.4. The topological polar surface area (TPSA) is 138 Å². The number of carbonyl (C=O) groups is 3. The number of thiazole rings is 1. The van der Waals surface area contributed by atoms with Gasteiger partial charge in [-0.25, -0.2) is 4.98 Å². The van der Waals surface area contributed by atoms with E-state index in [-0.39, 0.29) is 30.7 Å². The first-order chi connectivity index (χ1) is 18.5. The Morgan fingerprint density at radius 2 is 1.85 bits per heavy atom. The zero-order valence-corrected chi connectivity index (χ0v) is 24.4. The van der Waals surface area contributed by atoms with Gasteiger partial charge in [0.1, 0.15) is 12.1 Å². The highest BCUT2D eigenvalue weighted by atomic mass is 32.1. The SMILES string of the molecule is Cc1ncsc1-c1ccc(CNC(=O)C2CC(O)CN2C(=O)C(NC(=O)CCCCCCN)C(C)(C)C)cc1. The summed E-state index contributed by atoms with van der Waals surface area (Å²) in [5, 5.41) is 16.2. The monoisotopic (exact) mass is 557 g/mol. The van der Waals surface area contributed by atoms with Crippen molar-refractivity contribution in [3.8, 4) is 10.4 Å². The summed E-state index contributed by atoms with van der Waals surface area (Å²) in [5.41, 5.74) is 9.76. The molecule has 1 aromatic heterocycles. The Labute approximate surface area is 235 Å². The number of hydrogen-bond donors (Lipinski definition) is 4. The van der Waals surface area contributed by atoms with Gasteiger partial charge < -0.3 is 26.4 Å². The number of aliphatic hydroxyl groups is 1. The van der Waals surface area contributed by atoms with Crippen molar-refractivity contribution in [3.63, 3.8) is 0 Å². The van der Waals surface area contributed by atoms with E-state index in [9.17, 15) is 19.5 Å². The zero-order valence-electron chi connectivity index (χ0n) is 23.5. The van der Waals surface area contributed by atoms with E-state index >= 15 is 0 Å². The number of likely N-dealkylation sites (tertiary alicyclic amines) is 1. The Balaban J connectivity index is 1.61. The van der Waals surface area contributed by atoms with Gasteiger partial charge in [0, 0.05) is 25.9 Å². The molecule has 0 spiro atoms. The predicted octanol–water partition coefficient (Wildman–Crippen LogP) is 3.14. The highest BCUT2D eigenvalue weighted by Crippen LogP contribution is 2.28. The summed E-state index contributed by atoms with van der Waals surface area (Å²) >= 11 is 1.59. The largest absolute Gasteiger partial charge is 0.391 e. The maximum Gasteiger partial charge on any atom is 0.246 e. The molecule has 2 heterocycles. The minimum atomic E-state index is -0.808. The standard InChI is InChI=1S/C29H43N5O4S/c1-19-25(39-18-32-19)21-12-10-20(11-13-21)16-31-27(37)23-15-22(35)17-34(23)28(38)26(29(2,3)4)33-24(36)9-7-5-6-8-14-30/h10-13,18,22-23,26,35H,5-9,14-17,30H2,1-4H3,(H,31,37)(H,33,36). The molecule has 9 nitrogen and oxygen atoms in total. The third-order valence-electron chi connectivity index (χ3n) is 7.07. The number of aliphatic hydroxyl groups excluding tert-OH is 1. The van der Waals surface area contributed by atoms with Crippen molar-refractivity contribution in [2.45, 2.75) is 91.0 Å². The van der Waals surface area contributed by atoms with Crippen LogP contribution < -0.4 is 16.4 Å². The van der Waals surface area contributed by atoms with Gasteiger partial charge in [0.05, 0.1) is 22.2 Å². The minimum Gasteiger partial charge on any atom is -0.391 e. The molecule has 10 heteroatoms. The third kappa shape index (κ3) is 8.58. The fourth-order valence-electron chi connectivity index (χ4n) is 4.80. The maximum absolute atomic E-state index is 13.7. The van der Waals surface area contributed by atoms with Crippen LogP contribution in [0.5, 0.6) is 0 Å². The summed E-state index contributed by atoms with van der Waals surface area (Å²) in [7, 11) is 0. The van der Waals surface area contributed by atoms with Crippen molar-refractivity contribution in [1.82, 2.24) is 20.5 Å². The van der Waals surface area contributed by atoms with Crippen molar-refractivity contribution < 1.29 is 19.5 Å². The Morgan fingerprint density at radius 3 is 2.46 bits per heavy atom. The summed E-state index contributed by atoms with van der Waals surface area (Å²) in [5.74, 6) is -0.852. The van der Waals surface area contributed by atoms with Crippen LogP contribution in [0.4, 0.5) is 0 Å². The molecule has 2 aromatic rings. The van der Waals surface area contributed by atoms with E-state index in [0.717, 1.165) is 47.4 Å². The molecule has 3 rings (SSSR count). The van der Waals surface area contributed by atoms with Gasteiger partial charge >= 0.3 is 0 Å². The number of unbranched alkanes of at least 4 members (excludes halogenated alkanes) is 3. The molecular formula is C29H43N5O4S. The number of aromatic nitrogens is 1. The van der Waals surface area contributed by atoms with Crippen LogP contribution in [0.2, 0.25) is 0 Å². The van der Waals surface area contributed by atoms with Crippen LogP contribution in [0.15, 0.2) is 29.8 Å². The molecule has 0 bridgehead atoms. The Kier molecular flexibility index (Phi) is 11.0. The van der Waals surface area contributed by atoms with E-state index in [4.69, 9.17) is 5.73 Å². The van der Waals surface area contributed by atoms with Crippen molar-refractivity contribution >= 4 is 29.1 Å². The predicted molar refractivity (Wildman–Crippen MR) is 154 cm³/mol. The first-order valence-corrected chi connectivity index (χ1v) is 14.6. The lowest BCUT2D eigenvalue weighted by Crippen LogP contribution is -2.57. The molecule has 1 aliphatic rings. The molecule has 3 unspecified atom stereocenters. The number of hydrogen-bond acceptors (Lipinski definition) is 7. The molecule has 3 atom stereocenters. The quantitative estimate of drug-likeness (QED) is 0.296. The normalized spacial score (nSPS) is 18.2. The molecule has 5 N–H and O–H groups in total. The zero-order chi connectivity index (χ0) is 28.6. The lowest BCUT2D eigenvalue weighted by Gasteiger charge is -2.35. The molecule has 0 saturated carbocycles. The molecule has 1 aromatic carbocycles. The molecule has 1 aliphatic heterocycles. The van der Waals surface area contributed by atoms with Crippen molar-refractivity contribution in [1.29, 1.82) is 0 Å². The number of nitrogens with two attached hydrogens (primary N) is 1. The highest BCUT2D eigenvalue weighted by Gasteiger charge is 2.44. The van der Waals surface area contributed by atoms with Gasteiger partial charge in [-0.3, -0.25) is 14.4 Å². The van der Waals surface area contributed by atoms with Gasteiger partial charge in [-0.1, -0.05) is 57.9 Å². The second-order valence-corrected chi connectivity index (χ2v) is 12.3. The fraction of sp³-hybridized carbons (Fsp3) is 0.586. The van der Waals surface area contributed by atoms with Crippen LogP contribution in [0, 0.1) is 12.3 Å². The molecule has 1 fully saturated rings. The molecule has 1 saturated heterocycles. The molecule has 0 radical (unpaired) electrons. The first kappa shape index (κ1) is 30.7. The first-order valence-electron chi connectivity index (χ1n) is 13.8. The number of β-amino-alcohol motifs (C(OH)–C–C–N with tert-alkyl or cyclic N) is 1. The molecular weight excluding hydrogens is 514 g/mol. The maximum atomic E-state index is 13.7. The average Bonchev–Trinajstić information content (AvgIpc) is 3.50. The van der Waals surface area contributed by atoms with Crippen LogP contribution in [-0.2, 0) is 20.9 Å². The Hall–Kier alpha value is -2.82. The summed E-state index contributed by atoms with van der Waals surface area (Å²) in [6, 6.07) is 6.32. The molecule has 3 amide bonds. The van der Waals surface area contributed by atoms with Crippen LogP contribution in [0.3, 0.4) is 0 Å². The van der Waals surface area contributed by atoms with Gasteiger partial charge in [-0.05, 0) is 42.9 Å². The van der Waals surface area contributed by atoms with Crippen LogP contribution in [0.25, 0.3) is 10.4 Å². The average molecular weight is 558 g/mol. The van der Waals surface area contributed by atoms with Gasteiger partial charge in [0.2, 0.25) is 17.7 Å². The van der Waals surface area contributed by atoms with E-state index < -0.39 is 23.6 Å². The number of carbonyl (C=O) groups excluding carboxylic acids is 3. The smallest absolute Gasteiger partial charge is 0.246 e. The lowest BCUT2D eigenvalue weighted by molar-refractivity contribution is -0.144. The fourth-order valence-corrected chi connectivity index (χ4v) is 5.61. The van der Waals surface area contributed by atoms with Crippen LogP contribution >= 0.6 is 11.3 Å². The van der Waals surface area contributed by atoms with E-state index in [1.54, 1.807) is 11.3 Å². The summed E-state index contributed by atoms with van der Waals surface area (Å²) < 4.78 is 0. The van der Waals surface area contributed by atoms with Crippen molar-refractivity contribution in [2.24, 2.45) is 11.1 Å². The van der Waals surface area contributed by atoms with Gasteiger partial charge in [0.25, 0.3) is 0 Å². The van der Waals surface area contributed by atoms with E-state index in [1.165, 1.54) is 4.90 Å². The summed E-state index contributed by atoms with van der Waals surface area (Å²) in [6.07, 6.45) is 3.24. The third-order valence-corrected chi connectivity index (χ3v) is 8.05. The molecule has 39 heavy (non-hydrogen) atoms. The number of rotatable bonds is 12. The number of aryl methyl sites for hydroxylation is 1. The van der Waals surface area contributed by atoms with Crippen LogP contribution in [0.1, 0.15) is 70.6 Å². The Bertz CT molecular complexity index is 1110.